The highest BCUT2D eigenvalue weighted by atomic mass is 79.9. The molecule has 0 aliphatic carbocycles. The van der Waals surface area contributed by atoms with Gasteiger partial charge in [-0.1, -0.05) is 6.92 Å². The number of carboxylic acid groups (broad SMARTS) is 1. The third-order valence-electron chi connectivity index (χ3n) is 2.37. The van der Waals surface area contributed by atoms with E-state index in [1.54, 1.807) is 6.92 Å². The Balaban J connectivity index is 2.43. The van der Waals surface area contributed by atoms with Crippen molar-refractivity contribution in [3.63, 3.8) is 0 Å². The Morgan fingerprint density at radius 2 is 2.24 bits per heavy atom. The zero-order chi connectivity index (χ0) is 13.0. The zero-order valence-electron chi connectivity index (χ0n) is 9.62. The van der Waals surface area contributed by atoms with Gasteiger partial charge in [0.15, 0.2) is 0 Å². The number of carbonyl (C=O) groups excluding carboxylic acids is 1. The molecule has 0 fully saturated rings. The molecule has 1 atom stereocenters. The fourth-order valence-electron chi connectivity index (χ4n) is 1.18. The van der Waals surface area contributed by atoms with Crippen molar-refractivity contribution in [3.8, 4) is 0 Å². The standard InChI is InChI=1S/C11H14BrNO3S/c1-6(11(15)16)3-4-13-10(14)8-5-7(2)9(12)17-8/h5-6H,3-4H2,1-2H3,(H,13,14)(H,15,16). The number of carbonyl (C=O) groups is 2. The third-order valence-corrected chi connectivity index (χ3v) is 4.50. The summed E-state index contributed by atoms with van der Waals surface area (Å²) < 4.78 is 0.946. The number of hydrogen-bond donors (Lipinski definition) is 2. The summed E-state index contributed by atoms with van der Waals surface area (Å²) >= 11 is 4.73. The van der Waals surface area contributed by atoms with Crippen LogP contribution in [0.4, 0.5) is 0 Å². The van der Waals surface area contributed by atoms with Crippen LogP contribution in [0.2, 0.25) is 0 Å². The Morgan fingerprint density at radius 1 is 1.59 bits per heavy atom. The quantitative estimate of drug-likeness (QED) is 0.876. The number of aryl methyl sites for hydroxylation is 1. The van der Waals surface area contributed by atoms with Crippen molar-refractivity contribution in [1.29, 1.82) is 0 Å². The molecule has 4 nitrogen and oxygen atoms in total. The smallest absolute Gasteiger partial charge is 0.306 e. The highest BCUT2D eigenvalue weighted by Crippen LogP contribution is 2.27. The first-order valence-electron chi connectivity index (χ1n) is 5.18. The Morgan fingerprint density at radius 3 is 2.71 bits per heavy atom. The summed E-state index contributed by atoms with van der Waals surface area (Å²) in [5.41, 5.74) is 1.03. The molecule has 0 spiro atoms. The van der Waals surface area contributed by atoms with Crippen molar-refractivity contribution in [2.24, 2.45) is 5.92 Å². The molecule has 0 saturated heterocycles. The molecule has 0 bridgehead atoms. The van der Waals surface area contributed by atoms with Gasteiger partial charge in [0.1, 0.15) is 0 Å². The molecule has 17 heavy (non-hydrogen) atoms. The van der Waals surface area contributed by atoms with E-state index < -0.39 is 11.9 Å². The first-order chi connectivity index (χ1) is 7.91. The Hall–Kier alpha value is -0.880. The van der Waals surface area contributed by atoms with Gasteiger partial charge in [-0.15, -0.1) is 11.3 Å². The maximum atomic E-state index is 11.7. The van der Waals surface area contributed by atoms with Crippen molar-refractivity contribution in [2.45, 2.75) is 20.3 Å². The van der Waals surface area contributed by atoms with E-state index in [9.17, 15) is 9.59 Å². The number of aliphatic carboxylic acids is 1. The molecule has 0 aromatic carbocycles. The highest BCUT2D eigenvalue weighted by Gasteiger charge is 2.13. The largest absolute Gasteiger partial charge is 0.481 e. The van der Waals surface area contributed by atoms with E-state index in [2.05, 4.69) is 21.2 Å². The van der Waals surface area contributed by atoms with Gasteiger partial charge in [-0.05, 0) is 40.9 Å². The molecule has 1 rings (SSSR count). The van der Waals surface area contributed by atoms with Crippen LogP contribution in [0.1, 0.15) is 28.6 Å². The van der Waals surface area contributed by atoms with Crippen molar-refractivity contribution in [3.05, 3.63) is 20.3 Å². The molecule has 0 aliphatic heterocycles. The minimum Gasteiger partial charge on any atom is -0.481 e. The van der Waals surface area contributed by atoms with Gasteiger partial charge in [0.05, 0.1) is 14.6 Å². The van der Waals surface area contributed by atoms with Gasteiger partial charge in [0, 0.05) is 6.54 Å². The molecule has 1 aromatic rings. The van der Waals surface area contributed by atoms with Crippen LogP contribution >= 0.6 is 27.3 Å². The summed E-state index contributed by atoms with van der Waals surface area (Å²) in [5.74, 6) is -1.43. The number of thiophene rings is 1. The Labute approximate surface area is 112 Å². The Kier molecular flexibility index (Phi) is 5.14. The van der Waals surface area contributed by atoms with E-state index >= 15 is 0 Å². The molecule has 0 saturated carbocycles. The van der Waals surface area contributed by atoms with Crippen LogP contribution in [0.5, 0.6) is 0 Å². The summed E-state index contributed by atoms with van der Waals surface area (Å²) in [6.45, 7) is 3.92. The number of carboxylic acids is 1. The van der Waals surface area contributed by atoms with Gasteiger partial charge >= 0.3 is 5.97 Å². The zero-order valence-corrected chi connectivity index (χ0v) is 12.0. The molecule has 0 radical (unpaired) electrons. The van der Waals surface area contributed by atoms with Gasteiger partial charge in [0.25, 0.3) is 5.91 Å². The van der Waals surface area contributed by atoms with Gasteiger partial charge < -0.3 is 10.4 Å². The lowest BCUT2D eigenvalue weighted by Crippen LogP contribution is -2.26. The predicted octanol–water partition coefficient (Wildman–Crippen LogP) is 2.66. The van der Waals surface area contributed by atoms with E-state index in [0.717, 1.165) is 9.35 Å². The molecule has 1 heterocycles. The van der Waals surface area contributed by atoms with Crippen LogP contribution in [0.3, 0.4) is 0 Å². The lowest BCUT2D eigenvalue weighted by molar-refractivity contribution is -0.141. The van der Waals surface area contributed by atoms with Crippen LogP contribution in [-0.2, 0) is 4.79 Å². The molecule has 2 N–H and O–H groups in total. The molecule has 6 heteroatoms. The number of halogens is 1. The minimum atomic E-state index is -0.839. The molecule has 1 unspecified atom stereocenters. The maximum Gasteiger partial charge on any atom is 0.306 e. The van der Waals surface area contributed by atoms with Crippen LogP contribution in [0, 0.1) is 12.8 Å². The second-order valence-corrected chi connectivity index (χ2v) is 6.22. The first-order valence-corrected chi connectivity index (χ1v) is 6.79. The lowest BCUT2D eigenvalue weighted by atomic mass is 10.1. The maximum absolute atomic E-state index is 11.7. The van der Waals surface area contributed by atoms with E-state index in [-0.39, 0.29) is 5.91 Å². The number of hydrogen-bond acceptors (Lipinski definition) is 3. The monoisotopic (exact) mass is 319 g/mol. The van der Waals surface area contributed by atoms with Crippen molar-refractivity contribution in [1.82, 2.24) is 5.32 Å². The van der Waals surface area contributed by atoms with Gasteiger partial charge in [-0.25, -0.2) is 0 Å². The lowest BCUT2D eigenvalue weighted by Gasteiger charge is -2.06. The van der Waals surface area contributed by atoms with E-state index in [4.69, 9.17) is 5.11 Å². The van der Waals surface area contributed by atoms with Gasteiger partial charge in [-0.3, -0.25) is 9.59 Å². The molecule has 1 aromatic heterocycles. The summed E-state index contributed by atoms with van der Waals surface area (Å²) in [6, 6.07) is 1.81. The molecule has 0 aliphatic rings. The molecule has 1 amide bonds. The third kappa shape index (κ3) is 4.12. The van der Waals surface area contributed by atoms with Crippen LogP contribution in [-0.4, -0.2) is 23.5 Å². The van der Waals surface area contributed by atoms with E-state index in [0.29, 0.717) is 17.8 Å². The summed E-state index contributed by atoms with van der Waals surface area (Å²) in [6.07, 6.45) is 0.437. The number of rotatable bonds is 5. The molecule has 94 valence electrons. The summed E-state index contributed by atoms with van der Waals surface area (Å²) in [4.78, 5) is 22.9. The second kappa shape index (κ2) is 6.16. The van der Waals surface area contributed by atoms with Gasteiger partial charge in [-0.2, -0.15) is 0 Å². The normalized spacial score (nSPS) is 12.2. The van der Waals surface area contributed by atoms with E-state index in [1.807, 2.05) is 13.0 Å². The molecular formula is C11H14BrNO3S. The fraction of sp³-hybridized carbons (Fsp3) is 0.455. The summed E-state index contributed by atoms with van der Waals surface area (Å²) in [5, 5.41) is 11.4. The minimum absolute atomic E-state index is 0.151. The average Bonchev–Trinajstić information content (AvgIpc) is 2.59. The predicted molar refractivity (Wildman–Crippen MR) is 70.5 cm³/mol. The second-order valence-electron chi connectivity index (χ2n) is 3.85. The van der Waals surface area contributed by atoms with Crippen molar-refractivity contribution in [2.75, 3.05) is 6.54 Å². The fourth-order valence-corrected chi connectivity index (χ4v) is 2.64. The number of amides is 1. The van der Waals surface area contributed by atoms with Crippen LogP contribution in [0.25, 0.3) is 0 Å². The van der Waals surface area contributed by atoms with Crippen molar-refractivity contribution < 1.29 is 14.7 Å². The topological polar surface area (TPSA) is 66.4 Å². The molecular weight excluding hydrogens is 306 g/mol. The average molecular weight is 320 g/mol. The van der Waals surface area contributed by atoms with E-state index in [1.165, 1.54) is 11.3 Å². The van der Waals surface area contributed by atoms with Gasteiger partial charge in [0.2, 0.25) is 0 Å². The van der Waals surface area contributed by atoms with Crippen LogP contribution in [0.15, 0.2) is 9.85 Å². The van der Waals surface area contributed by atoms with Crippen molar-refractivity contribution >= 4 is 39.1 Å². The highest BCUT2D eigenvalue weighted by molar-refractivity contribution is 9.11. The SMILES string of the molecule is Cc1cc(C(=O)NCCC(C)C(=O)O)sc1Br. The number of nitrogens with one attached hydrogen (secondary N) is 1. The first kappa shape index (κ1) is 14.2. The Bertz CT molecular complexity index is 411. The van der Waals surface area contributed by atoms with Crippen LogP contribution < -0.4 is 5.32 Å². The summed E-state index contributed by atoms with van der Waals surface area (Å²) in [7, 11) is 0.